The second-order valence-electron chi connectivity index (χ2n) is 4.44. The summed E-state index contributed by atoms with van der Waals surface area (Å²) in [6, 6.07) is 7.04. The summed E-state index contributed by atoms with van der Waals surface area (Å²) < 4.78 is 5.52. The molecule has 4 nitrogen and oxygen atoms in total. The van der Waals surface area contributed by atoms with E-state index in [2.05, 4.69) is 0 Å². The van der Waals surface area contributed by atoms with Gasteiger partial charge in [0.05, 0.1) is 6.61 Å². The average Bonchev–Trinajstić information content (AvgIpc) is 2.42. The van der Waals surface area contributed by atoms with Gasteiger partial charge in [0.2, 0.25) is 5.91 Å². The number of amides is 1. The summed E-state index contributed by atoms with van der Waals surface area (Å²) >= 11 is 0. The summed E-state index contributed by atoms with van der Waals surface area (Å²) in [4.78, 5) is 24.3. The molecule has 0 bridgehead atoms. The molecule has 0 radical (unpaired) electrons. The van der Waals surface area contributed by atoms with Gasteiger partial charge < -0.3 is 9.64 Å². The summed E-state index contributed by atoms with van der Waals surface area (Å²) in [6.07, 6.45) is 1.19. The van der Waals surface area contributed by atoms with Crippen molar-refractivity contribution in [2.75, 3.05) is 20.2 Å². The van der Waals surface area contributed by atoms with Crippen LogP contribution < -0.4 is 4.74 Å². The van der Waals surface area contributed by atoms with Crippen LogP contribution in [0.4, 0.5) is 0 Å². The molecule has 19 heavy (non-hydrogen) atoms. The normalized spacial score (nSPS) is 10.1. The summed E-state index contributed by atoms with van der Waals surface area (Å²) in [5.41, 5.74) is 0.673. The number of carbonyl (C=O) groups excluding carboxylic acids is 2. The Morgan fingerprint density at radius 2 is 1.84 bits per heavy atom. The van der Waals surface area contributed by atoms with Gasteiger partial charge in [-0.15, -0.1) is 0 Å². The molecule has 0 aliphatic heterocycles. The molecule has 1 rings (SSSR count). The van der Waals surface area contributed by atoms with E-state index in [-0.39, 0.29) is 11.7 Å². The second kappa shape index (κ2) is 7.56. The molecule has 4 heteroatoms. The van der Waals surface area contributed by atoms with E-state index < -0.39 is 0 Å². The van der Waals surface area contributed by atoms with Crippen LogP contribution in [-0.4, -0.2) is 36.8 Å². The SMILES string of the molecule is CCN(C)C(=O)CCCOc1ccc(C(C)=O)cc1. The molecule has 104 valence electrons. The van der Waals surface area contributed by atoms with E-state index in [1.54, 1.807) is 36.2 Å². The van der Waals surface area contributed by atoms with Crippen molar-refractivity contribution < 1.29 is 14.3 Å². The van der Waals surface area contributed by atoms with Crippen LogP contribution in [0.25, 0.3) is 0 Å². The van der Waals surface area contributed by atoms with Crippen molar-refractivity contribution in [1.82, 2.24) is 4.90 Å². The third-order valence-corrected chi connectivity index (χ3v) is 2.96. The Balaban J connectivity index is 2.30. The summed E-state index contributed by atoms with van der Waals surface area (Å²) in [6.45, 7) is 4.71. The minimum atomic E-state index is 0.0414. The highest BCUT2D eigenvalue weighted by atomic mass is 16.5. The number of benzene rings is 1. The van der Waals surface area contributed by atoms with Gasteiger partial charge in [0, 0.05) is 25.6 Å². The molecule has 1 aromatic rings. The van der Waals surface area contributed by atoms with Gasteiger partial charge in [0.1, 0.15) is 5.75 Å². The Bertz CT molecular complexity index is 426. The van der Waals surface area contributed by atoms with Crippen molar-refractivity contribution in [2.45, 2.75) is 26.7 Å². The number of rotatable bonds is 7. The highest BCUT2D eigenvalue weighted by Crippen LogP contribution is 2.13. The van der Waals surface area contributed by atoms with Crippen molar-refractivity contribution >= 4 is 11.7 Å². The van der Waals surface area contributed by atoms with Gasteiger partial charge in [-0.2, -0.15) is 0 Å². The Morgan fingerprint density at radius 1 is 1.21 bits per heavy atom. The molecule has 1 amide bonds. The van der Waals surface area contributed by atoms with Crippen LogP contribution in [-0.2, 0) is 4.79 Å². The second-order valence-corrected chi connectivity index (χ2v) is 4.44. The van der Waals surface area contributed by atoms with E-state index in [1.807, 2.05) is 6.92 Å². The number of ether oxygens (including phenoxy) is 1. The number of Topliss-reactive ketones (excluding diaryl/α,β-unsaturated/α-hetero) is 1. The van der Waals surface area contributed by atoms with E-state index >= 15 is 0 Å². The number of hydrogen-bond donors (Lipinski definition) is 0. The zero-order valence-electron chi connectivity index (χ0n) is 11.8. The molecule has 0 atom stereocenters. The molecule has 0 aromatic heterocycles. The van der Waals surface area contributed by atoms with E-state index in [0.717, 1.165) is 12.3 Å². The average molecular weight is 263 g/mol. The van der Waals surface area contributed by atoms with E-state index in [1.165, 1.54) is 6.92 Å². The topological polar surface area (TPSA) is 46.6 Å². The lowest BCUT2D eigenvalue weighted by molar-refractivity contribution is -0.129. The molecule has 0 aliphatic carbocycles. The first kappa shape index (κ1) is 15.2. The first-order chi connectivity index (χ1) is 9.04. The molecule has 0 fully saturated rings. The largest absolute Gasteiger partial charge is 0.494 e. The Morgan fingerprint density at radius 3 is 2.37 bits per heavy atom. The maximum atomic E-state index is 11.5. The number of ketones is 1. The van der Waals surface area contributed by atoms with Gasteiger partial charge in [-0.3, -0.25) is 9.59 Å². The predicted molar refractivity (Wildman–Crippen MR) is 74.5 cm³/mol. The Labute approximate surface area is 114 Å². The number of hydrogen-bond acceptors (Lipinski definition) is 3. The fraction of sp³-hybridized carbons (Fsp3) is 0.467. The fourth-order valence-corrected chi connectivity index (χ4v) is 1.57. The fourth-order valence-electron chi connectivity index (χ4n) is 1.57. The Hall–Kier alpha value is -1.84. The van der Waals surface area contributed by atoms with Crippen molar-refractivity contribution in [3.8, 4) is 5.75 Å². The molecule has 0 aliphatic rings. The van der Waals surface area contributed by atoms with Crippen molar-refractivity contribution in [1.29, 1.82) is 0 Å². The lowest BCUT2D eigenvalue weighted by Crippen LogP contribution is -2.26. The van der Waals surface area contributed by atoms with Crippen molar-refractivity contribution in [2.24, 2.45) is 0 Å². The predicted octanol–water partition coefficient (Wildman–Crippen LogP) is 2.53. The zero-order chi connectivity index (χ0) is 14.3. The van der Waals surface area contributed by atoms with Crippen LogP contribution in [0, 0.1) is 0 Å². The van der Waals surface area contributed by atoms with Crippen LogP contribution in [0.5, 0.6) is 5.75 Å². The highest BCUT2D eigenvalue weighted by Gasteiger charge is 2.06. The molecule has 0 spiro atoms. The summed E-state index contributed by atoms with van der Waals surface area (Å²) in [7, 11) is 1.80. The maximum Gasteiger partial charge on any atom is 0.222 e. The smallest absolute Gasteiger partial charge is 0.222 e. The molecule has 1 aromatic carbocycles. The Kier molecular flexibility index (Phi) is 6.06. The van der Waals surface area contributed by atoms with Crippen molar-refractivity contribution in [3.05, 3.63) is 29.8 Å². The zero-order valence-corrected chi connectivity index (χ0v) is 11.8. The van der Waals surface area contributed by atoms with Gasteiger partial charge in [0.15, 0.2) is 5.78 Å². The molecule has 0 saturated heterocycles. The van der Waals surface area contributed by atoms with Crippen LogP contribution >= 0.6 is 0 Å². The van der Waals surface area contributed by atoms with Gasteiger partial charge in [0.25, 0.3) is 0 Å². The van der Waals surface area contributed by atoms with Crippen molar-refractivity contribution in [3.63, 3.8) is 0 Å². The van der Waals surface area contributed by atoms with E-state index in [4.69, 9.17) is 4.74 Å². The molecular weight excluding hydrogens is 242 g/mol. The summed E-state index contributed by atoms with van der Waals surface area (Å²) in [5.74, 6) is 0.902. The van der Waals surface area contributed by atoms with Gasteiger partial charge in [-0.05, 0) is 44.5 Å². The van der Waals surface area contributed by atoms with Crippen LogP contribution in [0.15, 0.2) is 24.3 Å². The lowest BCUT2D eigenvalue weighted by Gasteiger charge is -2.14. The quantitative estimate of drug-likeness (QED) is 0.561. The lowest BCUT2D eigenvalue weighted by atomic mass is 10.1. The molecular formula is C15H21NO3. The van der Waals surface area contributed by atoms with Gasteiger partial charge >= 0.3 is 0 Å². The molecule has 0 heterocycles. The van der Waals surface area contributed by atoms with E-state index in [0.29, 0.717) is 25.0 Å². The standard InChI is InChI=1S/C15H21NO3/c1-4-16(3)15(18)6-5-11-19-14-9-7-13(8-10-14)12(2)17/h7-10H,4-6,11H2,1-3H3. The van der Waals surface area contributed by atoms with Gasteiger partial charge in [-0.25, -0.2) is 0 Å². The van der Waals surface area contributed by atoms with Gasteiger partial charge in [-0.1, -0.05) is 0 Å². The number of carbonyl (C=O) groups is 2. The van der Waals surface area contributed by atoms with Crippen LogP contribution in [0.2, 0.25) is 0 Å². The first-order valence-electron chi connectivity index (χ1n) is 6.52. The molecule has 0 unspecified atom stereocenters. The van der Waals surface area contributed by atoms with E-state index in [9.17, 15) is 9.59 Å². The van der Waals surface area contributed by atoms with Crippen LogP contribution in [0.3, 0.4) is 0 Å². The molecule has 0 saturated carbocycles. The third kappa shape index (κ3) is 5.12. The third-order valence-electron chi connectivity index (χ3n) is 2.96. The number of nitrogens with zero attached hydrogens (tertiary/aromatic N) is 1. The minimum Gasteiger partial charge on any atom is -0.494 e. The first-order valence-corrected chi connectivity index (χ1v) is 6.52. The van der Waals surface area contributed by atoms with Crippen LogP contribution in [0.1, 0.15) is 37.0 Å². The monoisotopic (exact) mass is 263 g/mol. The molecule has 0 N–H and O–H groups in total. The maximum absolute atomic E-state index is 11.5. The highest BCUT2D eigenvalue weighted by molar-refractivity contribution is 5.94. The summed E-state index contributed by atoms with van der Waals surface area (Å²) in [5, 5.41) is 0. The minimum absolute atomic E-state index is 0.0414.